The predicted octanol–water partition coefficient (Wildman–Crippen LogP) is -4.07. The molecule has 0 saturated heterocycles. The Morgan fingerprint density at radius 3 is 2.00 bits per heavy atom. The van der Waals surface area contributed by atoms with E-state index in [1.165, 1.54) is 0 Å². The second kappa shape index (κ2) is 6.26. The van der Waals surface area contributed by atoms with E-state index >= 15 is 0 Å². The van der Waals surface area contributed by atoms with Gasteiger partial charge in [-0.1, -0.05) is 6.58 Å². The third-order valence-electron chi connectivity index (χ3n) is 0.167. The van der Waals surface area contributed by atoms with Crippen molar-refractivity contribution in [3.05, 3.63) is 12.7 Å². The molecule has 0 aliphatic rings. The predicted molar refractivity (Wildman–Crippen MR) is 15.2 cm³/mol. The first-order valence-corrected chi connectivity index (χ1v) is 1.11. The van der Waals surface area contributed by atoms with Gasteiger partial charge in [-0.15, -0.1) is 0 Å². The van der Waals surface area contributed by atoms with Crippen molar-refractivity contribution >= 4 is 5.97 Å². The molecule has 0 bridgehead atoms. The second-order valence-electron chi connectivity index (χ2n) is 0.523. The first-order chi connectivity index (χ1) is 2.27. The minimum Gasteiger partial charge on any atom is -0.545 e. The molecule has 0 fully saturated rings. The van der Waals surface area contributed by atoms with Gasteiger partial charge in [0, 0.05) is 0 Å². The summed E-state index contributed by atoms with van der Waals surface area (Å²) >= 11 is 0. The van der Waals surface area contributed by atoms with Crippen LogP contribution in [0.1, 0.15) is 0 Å². The van der Waals surface area contributed by atoms with Crippen LogP contribution in [0.15, 0.2) is 12.7 Å². The van der Waals surface area contributed by atoms with Crippen molar-refractivity contribution in [1.29, 1.82) is 0 Å². The van der Waals surface area contributed by atoms with E-state index in [0.29, 0.717) is 0 Å². The standard InChI is InChI=1S/C3H4O2.Cs/c1-2-3(4)5;/h2H,1H2,(H,4,5);/q;+1/p-1. The molecule has 28 valence electrons. The van der Waals surface area contributed by atoms with E-state index in [-0.39, 0.29) is 68.9 Å². The van der Waals surface area contributed by atoms with Gasteiger partial charge in [-0.05, 0) is 6.08 Å². The Hall–Kier alpha value is 1.26. The van der Waals surface area contributed by atoms with E-state index in [0.717, 1.165) is 6.08 Å². The Morgan fingerprint density at radius 1 is 1.83 bits per heavy atom. The number of carboxylic acids is 1. The Morgan fingerprint density at radius 2 is 2.00 bits per heavy atom. The second-order valence-corrected chi connectivity index (χ2v) is 0.523. The van der Waals surface area contributed by atoms with E-state index in [9.17, 15) is 0 Å². The van der Waals surface area contributed by atoms with Gasteiger partial charge in [-0.25, -0.2) is 0 Å². The van der Waals surface area contributed by atoms with Crippen LogP contribution in [0.4, 0.5) is 0 Å². The molecule has 2 nitrogen and oxygen atoms in total. The fourth-order valence-corrected chi connectivity index (χ4v) is 0. The monoisotopic (exact) mass is 204 g/mol. The van der Waals surface area contributed by atoms with Crippen LogP contribution in [0.3, 0.4) is 0 Å². The summed E-state index contributed by atoms with van der Waals surface area (Å²) in [5.41, 5.74) is 0. The van der Waals surface area contributed by atoms with Gasteiger partial charge < -0.3 is 9.90 Å². The number of carbonyl (C=O) groups is 1. The summed E-state index contributed by atoms with van der Waals surface area (Å²) < 4.78 is 0. The Kier molecular flexibility index (Phi) is 10.7. The van der Waals surface area contributed by atoms with E-state index in [1.807, 2.05) is 0 Å². The number of hydrogen-bond donors (Lipinski definition) is 0. The first-order valence-electron chi connectivity index (χ1n) is 1.11. The number of carboxylic acid groups (broad SMARTS) is 1. The molecule has 3 heteroatoms. The van der Waals surface area contributed by atoms with Gasteiger partial charge >= 0.3 is 68.9 Å². The first kappa shape index (κ1) is 10.3. The smallest absolute Gasteiger partial charge is 0.545 e. The Labute approximate surface area is 95.0 Å². The van der Waals surface area contributed by atoms with Crippen LogP contribution < -0.4 is 74.0 Å². The van der Waals surface area contributed by atoms with Gasteiger partial charge in [-0.3, -0.25) is 0 Å². The van der Waals surface area contributed by atoms with Gasteiger partial charge in [0.1, 0.15) is 0 Å². The van der Waals surface area contributed by atoms with Crippen molar-refractivity contribution in [1.82, 2.24) is 0 Å². The minimum atomic E-state index is -1.23. The molecule has 0 amide bonds. The van der Waals surface area contributed by atoms with Gasteiger partial charge in [0.2, 0.25) is 0 Å². The fraction of sp³-hybridized carbons (Fsp3) is 0. The minimum absolute atomic E-state index is 0. The molecule has 0 N–H and O–H groups in total. The van der Waals surface area contributed by atoms with Gasteiger partial charge in [0.15, 0.2) is 0 Å². The third kappa shape index (κ3) is 8.98. The molecule has 0 aliphatic carbocycles. The molecule has 0 unspecified atom stereocenters. The van der Waals surface area contributed by atoms with Crippen molar-refractivity contribution < 1.29 is 78.8 Å². The van der Waals surface area contributed by atoms with Crippen molar-refractivity contribution in [2.24, 2.45) is 0 Å². The SMILES string of the molecule is C=CC(=O)[O-].[Cs+]. The molecule has 0 aromatic heterocycles. The van der Waals surface area contributed by atoms with Crippen molar-refractivity contribution in [2.45, 2.75) is 0 Å². The van der Waals surface area contributed by atoms with Crippen LogP contribution in [0.2, 0.25) is 0 Å². The summed E-state index contributed by atoms with van der Waals surface area (Å²) in [5.74, 6) is -1.23. The number of hydrogen-bond acceptors (Lipinski definition) is 2. The molecule has 0 aromatic rings. The van der Waals surface area contributed by atoms with Gasteiger partial charge in [-0.2, -0.15) is 0 Å². The normalized spacial score (nSPS) is 5.33. The van der Waals surface area contributed by atoms with E-state index < -0.39 is 5.97 Å². The fourth-order valence-electron chi connectivity index (χ4n) is 0. The molecule has 0 heterocycles. The number of carbonyl (C=O) groups excluding carboxylic acids is 1. The summed E-state index contributed by atoms with van der Waals surface area (Å²) in [5, 5.41) is 9.14. The molecule has 0 saturated carbocycles. The molecular weight excluding hydrogens is 201 g/mol. The van der Waals surface area contributed by atoms with E-state index in [4.69, 9.17) is 9.90 Å². The van der Waals surface area contributed by atoms with Crippen LogP contribution >= 0.6 is 0 Å². The van der Waals surface area contributed by atoms with Crippen molar-refractivity contribution in [2.75, 3.05) is 0 Å². The third-order valence-corrected chi connectivity index (χ3v) is 0.167. The summed E-state index contributed by atoms with van der Waals surface area (Å²) in [6, 6.07) is 0. The van der Waals surface area contributed by atoms with Crippen LogP contribution in [0, 0.1) is 0 Å². The van der Waals surface area contributed by atoms with E-state index in [1.54, 1.807) is 0 Å². The maximum Gasteiger partial charge on any atom is 1.00 e. The summed E-state index contributed by atoms with van der Waals surface area (Å²) in [7, 11) is 0. The Balaban J connectivity index is 0. The van der Waals surface area contributed by atoms with Gasteiger partial charge in [0.05, 0.1) is 5.97 Å². The average Bonchev–Trinajstić information content (AvgIpc) is 1.38. The topological polar surface area (TPSA) is 40.1 Å². The molecule has 0 radical (unpaired) electrons. The quantitative estimate of drug-likeness (QED) is 0.407. The molecule has 0 atom stereocenters. The molecule has 0 spiro atoms. The van der Waals surface area contributed by atoms with Crippen LogP contribution in [-0.4, -0.2) is 5.97 Å². The van der Waals surface area contributed by atoms with Gasteiger partial charge in [0.25, 0.3) is 0 Å². The molecule has 6 heavy (non-hydrogen) atoms. The summed E-state index contributed by atoms with van der Waals surface area (Å²) in [6.07, 6.45) is 0.722. The Bertz CT molecular complexity index is 59.8. The maximum absolute atomic E-state index is 9.14. The number of aliphatic carboxylic acids is 1. The molecular formula is C3H3CsO2. The molecule has 0 aliphatic heterocycles. The summed E-state index contributed by atoms with van der Waals surface area (Å²) in [4.78, 5) is 9.14. The zero-order valence-corrected chi connectivity index (χ0v) is 9.88. The van der Waals surface area contributed by atoms with Crippen molar-refractivity contribution in [3.63, 3.8) is 0 Å². The van der Waals surface area contributed by atoms with Crippen LogP contribution in [0.25, 0.3) is 0 Å². The zero-order chi connectivity index (χ0) is 4.28. The number of rotatable bonds is 1. The van der Waals surface area contributed by atoms with Crippen molar-refractivity contribution in [3.8, 4) is 0 Å². The maximum atomic E-state index is 9.14. The van der Waals surface area contributed by atoms with Crippen LogP contribution in [-0.2, 0) is 4.79 Å². The van der Waals surface area contributed by atoms with E-state index in [2.05, 4.69) is 6.58 Å². The average molecular weight is 204 g/mol. The zero-order valence-electron chi connectivity index (χ0n) is 3.60. The molecule has 0 aromatic carbocycles. The summed E-state index contributed by atoms with van der Waals surface area (Å²) in [6.45, 7) is 2.90. The van der Waals surface area contributed by atoms with Crippen LogP contribution in [0.5, 0.6) is 0 Å². The largest absolute Gasteiger partial charge is 1.00 e. The molecule has 0 rings (SSSR count).